The van der Waals surface area contributed by atoms with Gasteiger partial charge in [0.15, 0.2) is 0 Å². The number of rotatable bonds is 4. The Kier molecular flexibility index (Phi) is 5.35. The van der Waals surface area contributed by atoms with Gasteiger partial charge in [-0.2, -0.15) is 0 Å². The van der Waals surface area contributed by atoms with Gasteiger partial charge in [-0.05, 0) is 25.0 Å². The number of aromatic nitrogens is 2. The summed E-state index contributed by atoms with van der Waals surface area (Å²) in [6.07, 6.45) is 8.63. The predicted molar refractivity (Wildman–Crippen MR) is 90.3 cm³/mol. The molecule has 2 heterocycles. The molecule has 0 bridgehead atoms. The third kappa shape index (κ3) is 3.95. The Labute approximate surface area is 139 Å². The van der Waals surface area contributed by atoms with Gasteiger partial charge in [0.25, 0.3) is 5.91 Å². The highest BCUT2D eigenvalue weighted by atomic mass is 32.1. The van der Waals surface area contributed by atoms with E-state index in [2.05, 4.69) is 15.3 Å². The summed E-state index contributed by atoms with van der Waals surface area (Å²) in [6, 6.07) is 5.69. The van der Waals surface area contributed by atoms with Gasteiger partial charge in [-0.3, -0.25) is 9.78 Å². The number of nitrogens with one attached hydrogen (secondary N) is 1. The molecular formula is C17H21N3O2S. The molecule has 3 rings (SSSR count). The first-order valence-electron chi connectivity index (χ1n) is 8.07. The molecule has 6 heteroatoms. The van der Waals surface area contributed by atoms with Crippen molar-refractivity contribution in [1.82, 2.24) is 15.3 Å². The van der Waals surface area contributed by atoms with E-state index in [4.69, 9.17) is 0 Å². The number of pyridine rings is 1. The van der Waals surface area contributed by atoms with Crippen LogP contribution in [0.5, 0.6) is 0 Å². The molecule has 1 aliphatic rings. The van der Waals surface area contributed by atoms with Crippen molar-refractivity contribution in [3.63, 3.8) is 0 Å². The first-order valence-corrected chi connectivity index (χ1v) is 8.88. The molecule has 1 fully saturated rings. The number of aliphatic hydroxyl groups is 1. The van der Waals surface area contributed by atoms with Crippen LogP contribution in [-0.4, -0.2) is 33.6 Å². The van der Waals surface area contributed by atoms with Crippen LogP contribution in [0.2, 0.25) is 0 Å². The van der Waals surface area contributed by atoms with Crippen LogP contribution in [0.3, 0.4) is 0 Å². The van der Waals surface area contributed by atoms with Crippen LogP contribution >= 0.6 is 11.3 Å². The Balaban J connectivity index is 1.69. The Morgan fingerprint density at radius 1 is 1.26 bits per heavy atom. The number of thiazole rings is 1. The Morgan fingerprint density at radius 3 is 2.91 bits per heavy atom. The second-order valence-electron chi connectivity index (χ2n) is 5.91. The van der Waals surface area contributed by atoms with Gasteiger partial charge in [-0.25, -0.2) is 4.98 Å². The van der Waals surface area contributed by atoms with Gasteiger partial charge in [0, 0.05) is 24.8 Å². The second-order valence-corrected chi connectivity index (χ2v) is 6.94. The first-order chi connectivity index (χ1) is 11.3. The number of hydrogen-bond donors (Lipinski definition) is 2. The molecule has 1 amide bonds. The predicted octanol–water partition coefficient (Wildman–Crippen LogP) is 2.88. The zero-order valence-corrected chi connectivity index (χ0v) is 13.8. The summed E-state index contributed by atoms with van der Waals surface area (Å²) in [5.74, 6) is 0.0552. The highest BCUT2D eigenvalue weighted by Crippen LogP contribution is 2.26. The van der Waals surface area contributed by atoms with E-state index in [1.165, 1.54) is 17.8 Å². The normalized spacial score (nSPS) is 21.6. The topological polar surface area (TPSA) is 75.1 Å². The average molecular weight is 331 g/mol. The fourth-order valence-corrected chi connectivity index (χ4v) is 3.82. The molecule has 2 N–H and O–H groups in total. The van der Waals surface area contributed by atoms with E-state index in [0.717, 1.165) is 36.4 Å². The average Bonchev–Trinajstić information content (AvgIpc) is 2.98. The molecule has 0 saturated heterocycles. The number of amides is 1. The van der Waals surface area contributed by atoms with Gasteiger partial charge >= 0.3 is 0 Å². The van der Waals surface area contributed by atoms with Crippen LogP contribution in [-0.2, 0) is 0 Å². The fourth-order valence-electron chi connectivity index (χ4n) is 3.02. The van der Waals surface area contributed by atoms with E-state index in [9.17, 15) is 9.90 Å². The van der Waals surface area contributed by atoms with Crippen molar-refractivity contribution in [2.45, 2.75) is 38.1 Å². The summed E-state index contributed by atoms with van der Waals surface area (Å²) in [5.41, 5.74) is 0.777. The van der Waals surface area contributed by atoms with E-state index in [-0.39, 0.29) is 24.5 Å². The molecule has 1 aliphatic carbocycles. The summed E-state index contributed by atoms with van der Waals surface area (Å²) in [7, 11) is 0. The maximum absolute atomic E-state index is 12.5. The standard InChI is InChI=1S/C17H21N3O2S/c21-11-12-6-2-1-3-7-13(12)20-16(22)15-10-19-17(23-15)14-8-4-5-9-18-14/h4-5,8-10,12-13,21H,1-3,6-7,11H2,(H,20,22). The van der Waals surface area contributed by atoms with Crippen LogP contribution in [0.15, 0.2) is 30.6 Å². The molecule has 2 aromatic rings. The molecule has 0 radical (unpaired) electrons. The van der Waals surface area contributed by atoms with Crippen LogP contribution in [0.25, 0.3) is 10.7 Å². The van der Waals surface area contributed by atoms with Gasteiger partial charge in [0.05, 0.1) is 11.9 Å². The monoisotopic (exact) mass is 331 g/mol. The third-order valence-electron chi connectivity index (χ3n) is 4.32. The van der Waals surface area contributed by atoms with Crippen LogP contribution in [0.1, 0.15) is 41.8 Å². The van der Waals surface area contributed by atoms with E-state index in [1.807, 2.05) is 18.2 Å². The fraction of sp³-hybridized carbons (Fsp3) is 0.471. The van der Waals surface area contributed by atoms with Crippen molar-refractivity contribution in [2.24, 2.45) is 5.92 Å². The Morgan fingerprint density at radius 2 is 2.13 bits per heavy atom. The summed E-state index contributed by atoms with van der Waals surface area (Å²) in [4.78, 5) is 21.6. The molecule has 0 spiro atoms. The number of aliphatic hydroxyl groups excluding tert-OH is 1. The quantitative estimate of drug-likeness (QED) is 0.845. The molecule has 2 unspecified atom stereocenters. The molecular weight excluding hydrogens is 310 g/mol. The summed E-state index contributed by atoms with van der Waals surface area (Å²) in [6.45, 7) is 0.132. The Hall–Kier alpha value is -1.79. The molecule has 1 saturated carbocycles. The van der Waals surface area contributed by atoms with E-state index >= 15 is 0 Å². The summed E-state index contributed by atoms with van der Waals surface area (Å²) < 4.78 is 0. The molecule has 0 aliphatic heterocycles. The van der Waals surface area contributed by atoms with E-state index in [0.29, 0.717) is 4.88 Å². The number of nitrogens with zero attached hydrogens (tertiary/aromatic N) is 2. The second kappa shape index (κ2) is 7.66. The minimum atomic E-state index is -0.102. The summed E-state index contributed by atoms with van der Waals surface area (Å²) in [5, 5.41) is 13.4. The van der Waals surface area contributed by atoms with Crippen molar-refractivity contribution in [3.8, 4) is 10.7 Å². The van der Waals surface area contributed by atoms with Crippen molar-refractivity contribution in [2.75, 3.05) is 6.61 Å². The number of carbonyl (C=O) groups is 1. The SMILES string of the molecule is O=C(NC1CCCCCC1CO)c1cnc(-c2ccccn2)s1. The van der Waals surface area contributed by atoms with E-state index in [1.54, 1.807) is 12.4 Å². The van der Waals surface area contributed by atoms with Crippen LogP contribution in [0, 0.1) is 5.92 Å². The van der Waals surface area contributed by atoms with Crippen molar-refractivity contribution in [3.05, 3.63) is 35.5 Å². The molecule has 5 nitrogen and oxygen atoms in total. The van der Waals surface area contributed by atoms with Crippen molar-refractivity contribution in [1.29, 1.82) is 0 Å². The lowest BCUT2D eigenvalue weighted by molar-refractivity contribution is 0.0903. The lowest BCUT2D eigenvalue weighted by Crippen LogP contribution is -2.40. The largest absolute Gasteiger partial charge is 0.396 e. The zero-order chi connectivity index (χ0) is 16.1. The molecule has 122 valence electrons. The maximum atomic E-state index is 12.5. The van der Waals surface area contributed by atoms with Crippen LogP contribution < -0.4 is 5.32 Å². The van der Waals surface area contributed by atoms with Gasteiger partial charge in [0.1, 0.15) is 9.88 Å². The van der Waals surface area contributed by atoms with Crippen molar-refractivity contribution < 1.29 is 9.90 Å². The van der Waals surface area contributed by atoms with Gasteiger partial charge in [-0.1, -0.05) is 25.3 Å². The molecule has 23 heavy (non-hydrogen) atoms. The highest BCUT2D eigenvalue weighted by molar-refractivity contribution is 7.16. The lowest BCUT2D eigenvalue weighted by atomic mass is 9.95. The van der Waals surface area contributed by atoms with Gasteiger partial charge in [-0.15, -0.1) is 11.3 Å². The molecule has 0 aromatic carbocycles. The molecule has 2 aromatic heterocycles. The van der Waals surface area contributed by atoms with Crippen LogP contribution in [0.4, 0.5) is 0 Å². The zero-order valence-electron chi connectivity index (χ0n) is 12.9. The molecule has 2 atom stereocenters. The minimum absolute atomic E-state index is 0.0513. The van der Waals surface area contributed by atoms with E-state index < -0.39 is 0 Å². The van der Waals surface area contributed by atoms with Crippen molar-refractivity contribution >= 4 is 17.2 Å². The van der Waals surface area contributed by atoms with Gasteiger partial charge < -0.3 is 10.4 Å². The summed E-state index contributed by atoms with van der Waals surface area (Å²) >= 11 is 1.35. The Bertz CT molecular complexity index is 644. The van der Waals surface area contributed by atoms with Gasteiger partial charge in [0.2, 0.25) is 0 Å². The minimum Gasteiger partial charge on any atom is -0.396 e. The lowest BCUT2D eigenvalue weighted by Gasteiger charge is -2.24. The highest BCUT2D eigenvalue weighted by Gasteiger charge is 2.25. The number of hydrogen-bond acceptors (Lipinski definition) is 5. The smallest absolute Gasteiger partial charge is 0.263 e. The first kappa shape index (κ1) is 16.1. The maximum Gasteiger partial charge on any atom is 0.263 e. The number of carbonyl (C=O) groups excluding carboxylic acids is 1. The third-order valence-corrected chi connectivity index (χ3v) is 5.34.